The monoisotopic (exact) mass is 306 g/mol. The second-order valence-electron chi connectivity index (χ2n) is 6.74. The summed E-state index contributed by atoms with van der Waals surface area (Å²) in [6.07, 6.45) is 2.45. The first-order valence-electron chi connectivity index (χ1n) is 7.88. The Labute approximate surface area is 132 Å². The van der Waals surface area contributed by atoms with E-state index in [1.807, 2.05) is 16.5 Å². The van der Waals surface area contributed by atoms with Crippen molar-refractivity contribution in [3.63, 3.8) is 0 Å². The molecule has 6 nitrogen and oxygen atoms in total. The molecular weight excluding hydrogens is 280 g/mol. The highest BCUT2D eigenvalue weighted by atomic mass is 16.2. The third kappa shape index (κ3) is 3.15. The Bertz CT molecular complexity index is 563. The number of hydrogen-bond acceptors (Lipinski definition) is 3. The summed E-state index contributed by atoms with van der Waals surface area (Å²) >= 11 is 0. The third-order valence-electron chi connectivity index (χ3n) is 4.08. The van der Waals surface area contributed by atoms with Crippen LogP contribution in [0, 0.1) is 0 Å². The number of nitrogens with zero attached hydrogens (tertiary/aromatic N) is 4. The quantitative estimate of drug-likeness (QED) is 0.832. The van der Waals surface area contributed by atoms with Crippen molar-refractivity contribution in [2.45, 2.75) is 46.6 Å². The molecule has 2 rings (SSSR count). The van der Waals surface area contributed by atoms with Crippen molar-refractivity contribution in [3.8, 4) is 0 Å². The van der Waals surface area contributed by atoms with Gasteiger partial charge in [0.2, 0.25) is 5.91 Å². The topological polar surface area (TPSA) is 58.4 Å². The van der Waals surface area contributed by atoms with Gasteiger partial charge in [-0.25, -0.2) is 0 Å². The van der Waals surface area contributed by atoms with E-state index < -0.39 is 0 Å². The van der Waals surface area contributed by atoms with Crippen LogP contribution >= 0.6 is 0 Å². The molecule has 0 saturated carbocycles. The number of carbonyl (C=O) groups excluding carboxylic acids is 2. The van der Waals surface area contributed by atoms with E-state index in [1.54, 1.807) is 18.0 Å². The van der Waals surface area contributed by atoms with E-state index in [0.29, 0.717) is 31.7 Å². The van der Waals surface area contributed by atoms with Crippen molar-refractivity contribution in [3.05, 3.63) is 17.5 Å². The molecule has 1 aromatic heterocycles. The van der Waals surface area contributed by atoms with Gasteiger partial charge in [0.1, 0.15) is 0 Å². The summed E-state index contributed by atoms with van der Waals surface area (Å²) in [5.74, 6) is 0.0949. The Morgan fingerprint density at radius 1 is 1.14 bits per heavy atom. The summed E-state index contributed by atoms with van der Waals surface area (Å²) in [6, 6.07) is 0. The summed E-state index contributed by atoms with van der Waals surface area (Å²) in [6.45, 7) is 12.2. The van der Waals surface area contributed by atoms with Gasteiger partial charge in [-0.1, -0.05) is 6.92 Å². The summed E-state index contributed by atoms with van der Waals surface area (Å²) in [5.41, 5.74) is 1.53. The fourth-order valence-electron chi connectivity index (χ4n) is 2.87. The molecule has 0 aromatic carbocycles. The second-order valence-corrected chi connectivity index (χ2v) is 6.74. The summed E-state index contributed by atoms with van der Waals surface area (Å²) in [7, 11) is 0. The Balaban J connectivity index is 2.17. The second kappa shape index (κ2) is 6.10. The molecule has 122 valence electrons. The predicted octanol–water partition coefficient (Wildman–Crippen LogP) is 1.50. The molecule has 0 unspecified atom stereocenters. The lowest BCUT2D eigenvalue weighted by atomic mass is 10.1. The smallest absolute Gasteiger partial charge is 0.257 e. The van der Waals surface area contributed by atoms with Crippen molar-refractivity contribution in [2.24, 2.45) is 0 Å². The molecule has 22 heavy (non-hydrogen) atoms. The third-order valence-corrected chi connectivity index (χ3v) is 4.08. The zero-order chi connectivity index (χ0) is 16.5. The van der Waals surface area contributed by atoms with E-state index in [2.05, 4.69) is 25.9 Å². The van der Waals surface area contributed by atoms with Gasteiger partial charge in [-0.05, 0) is 27.2 Å². The van der Waals surface area contributed by atoms with Crippen LogP contribution in [0.3, 0.4) is 0 Å². The largest absolute Gasteiger partial charge is 0.339 e. The molecule has 1 aliphatic heterocycles. The van der Waals surface area contributed by atoms with E-state index >= 15 is 0 Å². The minimum absolute atomic E-state index is 0.0237. The molecule has 0 aliphatic carbocycles. The molecular formula is C16H26N4O2. The molecule has 2 amide bonds. The SMILES string of the molecule is CCc1c(C(=O)N2CCN(C(C)=O)CC2)cnn1C(C)(C)C. The highest BCUT2D eigenvalue weighted by molar-refractivity contribution is 5.95. The number of piperazine rings is 1. The maximum atomic E-state index is 12.8. The number of amides is 2. The van der Waals surface area contributed by atoms with Crippen molar-refractivity contribution >= 4 is 11.8 Å². The van der Waals surface area contributed by atoms with Crippen molar-refractivity contribution in [1.29, 1.82) is 0 Å². The molecule has 0 N–H and O–H groups in total. The van der Waals surface area contributed by atoms with Crippen LogP contribution in [-0.2, 0) is 16.8 Å². The molecule has 1 fully saturated rings. The van der Waals surface area contributed by atoms with Gasteiger partial charge in [-0.3, -0.25) is 14.3 Å². The molecule has 1 aliphatic rings. The van der Waals surface area contributed by atoms with Crippen LogP contribution in [0.5, 0.6) is 0 Å². The van der Waals surface area contributed by atoms with E-state index in [1.165, 1.54) is 0 Å². The molecule has 1 saturated heterocycles. The average molecular weight is 306 g/mol. The minimum Gasteiger partial charge on any atom is -0.339 e. The Morgan fingerprint density at radius 2 is 1.68 bits per heavy atom. The average Bonchev–Trinajstić information content (AvgIpc) is 2.90. The first kappa shape index (κ1) is 16.5. The maximum absolute atomic E-state index is 12.8. The van der Waals surface area contributed by atoms with Gasteiger partial charge < -0.3 is 9.80 Å². The molecule has 2 heterocycles. The van der Waals surface area contributed by atoms with Gasteiger partial charge in [0, 0.05) is 33.1 Å². The van der Waals surface area contributed by atoms with E-state index in [4.69, 9.17) is 0 Å². The van der Waals surface area contributed by atoms with Crippen LogP contribution < -0.4 is 0 Å². The maximum Gasteiger partial charge on any atom is 0.257 e. The molecule has 0 spiro atoms. The van der Waals surface area contributed by atoms with Gasteiger partial charge in [-0.15, -0.1) is 0 Å². The van der Waals surface area contributed by atoms with E-state index in [-0.39, 0.29) is 17.4 Å². The highest BCUT2D eigenvalue weighted by Crippen LogP contribution is 2.21. The molecule has 0 atom stereocenters. The van der Waals surface area contributed by atoms with Crippen molar-refractivity contribution in [1.82, 2.24) is 19.6 Å². The lowest BCUT2D eigenvalue weighted by Crippen LogP contribution is -2.50. The normalized spacial score (nSPS) is 16.0. The Morgan fingerprint density at radius 3 is 2.14 bits per heavy atom. The van der Waals surface area contributed by atoms with Crippen LogP contribution in [0.2, 0.25) is 0 Å². The Hall–Kier alpha value is -1.85. The zero-order valence-electron chi connectivity index (χ0n) is 14.2. The van der Waals surface area contributed by atoms with Gasteiger partial charge >= 0.3 is 0 Å². The van der Waals surface area contributed by atoms with Gasteiger partial charge in [-0.2, -0.15) is 5.10 Å². The fourth-order valence-corrected chi connectivity index (χ4v) is 2.87. The van der Waals surface area contributed by atoms with Gasteiger partial charge in [0.15, 0.2) is 0 Å². The Kier molecular flexibility index (Phi) is 4.58. The molecule has 0 bridgehead atoms. The van der Waals surface area contributed by atoms with E-state index in [0.717, 1.165) is 12.1 Å². The summed E-state index contributed by atoms with van der Waals surface area (Å²) < 4.78 is 1.94. The van der Waals surface area contributed by atoms with Crippen LogP contribution in [0.1, 0.15) is 50.7 Å². The zero-order valence-corrected chi connectivity index (χ0v) is 14.2. The molecule has 0 radical (unpaired) electrons. The number of aromatic nitrogens is 2. The standard InChI is InChI=1S/C16H26N4O2/c1-6-14-13(11-17-20(14)16(3,4)5)15(22)19-9-7-18(8-10-19)12(2)21/h11H,6-10H2,1-5H3. The van der Waals surface area contributed by atoms with Crippen LogP contribution in [0.15, 0.2) is 6.20 Å². The fraction of sp³-hybridized carbons (Fsp3) is 0.688. The predicted molar refractivity (Wildman–Crippen MR) is 84.8 cm³/mol. The number of rotatable bonds is 2. The van der Waals surface area contributed by atoms with Crippen LogP contribution in [-0.4, -0.2) is 57.6 Å². The summed E-state index contributed by atoms with van der Waals surface area (Å²) in [4.78, 5) is 27.7. The minimum atomic E-state index is -0.142. The lowest BCUT2D eigenvalue weighted by molar-refractivity contribution is -0.130. The van der Waals surface area contributed by atoms with Gasteiger partial charge in [0.25, 0.3) is 5.91 Å². The van der Waals surface area contributed by atoms with Crippen LogP contribution in [0.25, 0.3) is 0 Å². The van der Waals surface area contributed by atoms with Crippen molar-refractivity contribution in [2.75, 3.05) is 26.2 Å². The number of carbonyl (C=O) groups is 2. The summed E-state index contributed by atoms with van der Waals surface area (Å²) in [5, 5.41) is 4.42. The number of hydrogen-bond donors (Lipinski definition) is 0. The lowest BCUT2D eigenvalue weighted by Gasteiger charge is -2.34. The van der Waals surface area contributed by atoms with Crippen LogP contribution in [0.4, 0.5) is 0 Å². The first-order chi connectivity index (χ1) is 10.3. The molecule has 1 aromatic rings. The molecule has 6 heteroatoms. The van der Waals surface area contributed by atoms with Gasteiger partial charge in [0.05, 0.1) is 23.0 Å². The van der Waals surface area contributed by atoms with E-state index in [9.17, 15) is 9.59 Å². The first-order valence-corrected chi connectivity index (χ1v) is 7.88. The highest BCUT2D eigenvalue weighted by Gasteiger charge is 2.28. The van der Waals surface area contributed by atoms with Crippen molar-refractivity contribution < 1.29 is 9.59 Å².